The number of ether oxygens (including phenoxy) is 1. The van der Waals surface area contributed by atoms with Gasteiger partial charge in [0.15, 0.2) is 0 Å². The molecule has 0 aliphatic rings. The Bertz CT molecular complexity index is 713. The zero-order chi connectivity index (χ0) is 17.5. The van der Waals surface area contributed by atoms with Crippen LogP contribution in [-0.4, -0.2) is 17.2 Å². The van der Waals surface area contributed by atoms with Crippen LogP contribution in [0.25, 0.3) is 5.76 Å². The molecule has 0 aliphatic carbocycles. The van der Waals surface area contributed by atoms with E-state index < -0.39 is 12.1 Å². The van der Waals surface area contributed by atoms with Gasteiger partial charge in [-0.2, -0.15) is 0 Å². The van der Waals surface area contributed by atoms with Crippen molar-refractivity contribution in [1.82, 2.24) is 5.32 Å². The number of carbonyl (C=O) groups is 1. The van der Waals surface area contributed by atoms with Crippen LogP contribution in [0.15, 0.2) is 64.8 Å². The van der Waals surface area contributed by atoms with E-state index in [0.29, 0.717) is 5.56 Å². The number of hydrogen-bond acceptors (Lipinski definition) is 4. The van der Waals surface area contributed by atoms with Crippen LogP contribution < -0.4 is 11.1 Å². The summed E-state index contributed by atoms with van der Waals surface area (Å²) in [6.07, 6.45) is -0.671. The van der Waals surface area contributed by atoms with E-state index in [0.717, 1.165) is 10.0 Å². The number of carbonyl (C=O) groups excluding carboxylic acids is 1. The van der Waals surface area contributed by atoms with Crippen molar-refractivity contribution in [2.24, 2.45) is 5.73 Å². The van der Waals surface area contributed by atoms with Crippen molar-refractivity contribution in [3.8, 4) is 0 Å². The quantitative estimate of drug-likeness (QED) is 0.674. The lowest BCUT2D eigenvalue weighted by Crippen LogP contribution is -2.34. The number of amides is 1. The lowest BCUT2D eigenvalue weighted by atomic mass is 10.1. The minimum atomic E-state index is -0.671. The van der Waals surface area contributed by atoms with Gasteiger partial charge in [-0.15, -0.1) is 0 Å². The predicted octanol–water partition coefficient (Wildman–Crippen LogP) is 3.95. The molecule has 2 rings (SSSR count). The molecule has 126 valence electrons. The minimum absolute atomic E-state index is 0.0887. The molecular formula is C18H19BrN2O3. The third kappa shape index (κ3) is 5.11. The molecule has 0 bridgehead atoms. The molecule has 2 aromatic rings. The first-order chi connectivity index (χ1) is 11.5. The van der Waals surface area contributed by atoms with Crippen molar-refractivity contribution < 1.29 is 14.6 Å². The molecule has 0 saturated heterocycles. The molecule has 0 heterocycles. The first-order valence-electron chi connectivity index (χ1n) is 7.39. The average molecular weight is 391 g/mol. The van der Waals surface area contributed by atoms with Crippen LogP contribution in [0, 0.1) is 0 Å². The fourth-order valence-corrected chi connectivity index (χ4v) is 2.29. The zero-order valence-electron chi connectivity index (χ0n) is 13.2. The molecular weight excluding hydrogens is 372 g/mol. The monoisotopic (exact) mass is 390 g/mol. The second kappa shape index (κ2) is 8.52. The summed E-state index contributed by atoms with van der Waals surface area (Å²) in [6, 6.07) is 15.8. The van der Waals surface area contributed by atoms with Gasteiger partial charge in [0.25, 0.3) is 0 Å². The van der Waals surface area contributed by atoms with Crippen LogP contribution in [0.1, 0.15) is 18.1 Å². The maximum atomic E-state index is 12.0. The van der Waals surface area contributed by atoms with Gasteiger partial charge in [0.2, 0.25) is 0 Å². The summed E-state index contributed by atoms with van der Waals surface area (Å²) in [5, 5.41) is 12.9. The van der Waals surface area contributed by atoms with Crippen molar-refractivity contribution in [2.45, 2.75) is 19.6 Å². The second-order valence-electron chi connectivity index (χ2n) is 5.24. The summed E-state index contributed by atoms with van der Waals surface area (Å²) in [6.45, 7) is 1.81. The Morgan fingerprint density at radius 2 is 1.83 bits per heavy atom. The summed E-state index contributed by atoms with van der Waals surface area (Å²) in [5.74, 6) is -0.0887. The first kappa shape index (κ1) is 18.0. The van der Waals surface area contributed by atoms with Crippen LogP contribution in [0.2, 0.25) is 0 Å². The Labute approximate surface area is 149 Å². The van der Waals surface area contributed by atoms with E-state index in [1.165, 1.54) is 0 Å². The summed E-state index contributed by atoms with van der Waals surface area (Å²) in [4.78, 5) is 12.0. The van der Waals surface area contributed by atoms with Gasteiger partial charge in [0, 0.05) is 16.1 Å². The highest BCUT2D eigenvalue weighted by Crippen LogP contribution is 2.19. The van der Waals surface area contributed by atoms with Gasteiger partial charge in [0.1, 0.15) is 12.4 Å². The van der Waals surface area contributed by atoms with Gasteiger partial charge < -0.3 is 15.6 Å². The van der Waals surface area contributed by atoms with Gasteiger partial charge in [-0.05, 0) is 24.6 Å². The van der Waals surface area contributed by atoms with Crippen LogP contribution in [0.3, 0.4) is 0 Å². The zero-order valence-corrected chi connectivity index (χ0v) is 14.8. The van der Waals surface area contributed by atoms with Crippen LogP contribution in [-0.2, 0) is 11.3 Å². The topological polar surface area (TPSA) is 84.6 Å². The number of aliphatic hydroxyl groups excluding tert-OH is 1. The van der Waals surface area contributed by atoms with Crippen molar-refractivity contribution >= 4 is 27.8 Å². The summed E-state index contributed by atoms with van der Waals surface area (Å²) >= 11 is 3.33. The predicted molar refractivity (Wildman–Crippen MR) is 97.1 cm³/mol. The van der Waals surface area contributed by atoms with E-state index >= 15 is 0 Å². The lowest BCUT2D eigenvalue weighted by molar-refractivity contribution is 0.142. The molecule has 0 fully saturated rings. The smallest absolute Gasteiger partial charge is 0.411 e. The number of hydrogen-bond donors (Lipinski definition) is 3. The molecule has 6 heteroatoms. The summed E-state index contributed by atoms with van der Waals surface area (Å²) in [5.41, 5.74) is 7.49. The van der Waals surface area contributed by atoms with Crippen LogP contribution >= 0.6 is 15.9 Å². The molecule has 5 nitrogen and oxygen atoms in total. The third-order valence-corrected chi connectivity index (χ3v) is 3.81. The van der Waals surface area contributed by atoms with Crippen molar-refractivity contribution in [3.05, 3.63) is 75.9 Å². The highest BCUT2D eigenvalue weighted by molar-refractivity contribution is 9.10. The van der Waals surface area contributed by atoms with E-state index in [2.05, 4.69) is 21.2 Å². The highest BCUT2D eigenvalue weighted by atomic mass is 79.9. The Morgan fingerprint density at radius 3 is 2.42 bits per heavy atom. The molecule has 1 atom stereocenters. The van der Waals surface area contributed by atoms with E-state index in [1.807, 2.05) is 30.3 Å². The second-order valence-corrected chi connectivity index (χ2v) is 6.16. The van der Waals surface area contributed by atoms with Crippen LogP contribution in [0.4, 0.5) is 4.79 Å². The van der Waals surface area contributed by atoms with Gasteiger partial charge in [-0.3, -0.25) is 5.32 Å². The standard InChI is InChI=1S/C18H19BrN2O3/c1-12(20)16(17(22)14-7-9-15(19)10-8-14)21-18(23)24-11-13-5-3-2-4-6-13/h2-10,12,22H,11,20H2,1H3,(H,21,23)/b17-16+. The normalized spacial score (nSPS) is 13.0. The average Bonchev–Trinajstić information content (AvgIpc) is 2.58. The molecule has 24 heavy (non-hydrogen) atoms. The maximum absolute atomic E-state index is 12.0. The molecule has 0 radical (unpaired) electrons. The molecule has 4 N–H and O–H groups in total. The number of halogens is 1. The number of benzene rings is 2. The SMILES string of the molecule is CC(N)/C(NC(=O)OCc1ccccc1)=C(\O)c1ccc(Br)cc1. The minimum Gasteiger partial charge on any atom is -0.505 e. The molecule has 1 unspecified atom stereocenters. The van der Waals surface area contributed by atoms with E-state index in [1.54, 1.807) is 31.2 Å². The van der Waals surface area contributed by atoms with Crippen molar-refractivity contribution in [2.75, 3.05) is 0 Å². The van der Waals surface area contributed by atoms with Gasteiger partial charge >= 0.3 is 6.09 Å². The number of aliphatic hydroxyl groups is 1. The fourth-order valence-electron chi connectivity index (χ4n) is 2.02. The molecule has 1 amide bonds. The Balaban J connectivity index is 2.08. The fraction of sp³-hybridized carbons (Fsp3) is 0.167. The molecule has 0 saturated carbocycles. The van der Waals surface area contributed by atoms with Gasteiger partial charge in [-0.1, -0.05) is 58.4 Å². The largest absolute Gasteiger partial charge is 0.505 e. The number of alkyl carbamates (subject to hydrolysis) is 1. The molecule has 0 aliphatic heterocycles. The van der Waals surface area contributed by atoms with E-state index in [9.17, 15) is 9.90 Å². The van der Waals surface area contributed by atoms with Gasteiger partial charge in [-0.25, -0.2) is 4.79 Å². The molecule has 2 aromatic carbocycles. The Kier molecular flexibility index (Phi) is 6.40. The summed E-state index contributed by atoms with van der Waals surface area (Å²) in [7, 11) is 0. The molecule has 0 aromatic heterocycles. The van der Waals surface area contributed by atoms with Crippen molar-refractivity contribution in [1.29, 1.82) is 0 Å². The maximum Gasteiger partial charge on any atom is 0.411 e. The Morgan fingerprint density at radius 1 is 1.21 bits per heavy atom. The van der Waals surface area contributed by atoms with Crippen molar-refractivity contribution in [3.63, 3.8) is 0 Å². The molecule has 0 spiro atoms. The Hall–Kier alpha value is -2.31. The number of nitrogens with one attached hydrogen (secondary N) is 1. The number of nitrogens with two attached hydrogens (primary N) is 1. The third-order valence-electron chi connectivity index (χ3n) is 3.28. The lowest BCUT2D eigenvalue weighted by Gasteiger charge is -2.16. The highest BCUT2D eigenvalue weighted by Gasteiger charge is 2.16. The van der Waals surface area contributed by atoms with Crippen LogP contribution in [0.5, 0.6) is 0 Å². The van der Waals surface area contributed by atoms with E-state index in [-0.39, 0.29) is 18.1 Å². The van der Waals surface area contributed by atoms with Gasteiger partial charge in [0.05, 0.1) is 5.70 Å². The summed E-state index contributed by atoms with van der Waals surface area (Å²) < 4.78 is 6.04. The first-order valence-corrected chi connectivity index (χ1v) is 8.19. The number of rotatable bonds is 5. The van der Waals surface area contributed by atoms with E-state index in [4.69, 9.17) is 10.5 Å².